The highest BCUT2D eigenvalue weighted by molar-refractivity contribution is 5.52. The van der Waals surface area contributed by atoms with E-state index in [-0.39, 0.29) is 12.1 Å². The lowest BCUT2D eigenvalue weighted by molar-refractivity contribution is -0.138. The molecule has 0 amide bonds. The van der Waals surface area contributed by atoms with Crippen LogP contribution in [0.25, 0.3) is 0 Å². The number of nitrogens with zero attached hydrogens (tertiary/aromatic N) is 4. The Morgan fingerprint density at radius 1 is 1.24 bits per heavy atom. The van der Waals surface area contributed by atoms with Crippen LogP contribution < -0.4 is 10.6 Å². The average Bonchev–Trinajstić information content (AvgIpc) is 2.93. The number of anilines is 1. The summed E-state index contributed by atoms with van der Waals surface area (Å²) in [6.45, 7) is 1.78. The molecule has 8 heteroatoms. The Labute approximate surface area is 119 Å². The number of halogens is 3. The van der Waals surface area contributed by atoms with Gasteiger partial charge in [-0.15, -0.1) is 10.2 Å². The maximum absolute atomic E-state index is 12.9. The van der Waals surface area contributed by atoms with Crippen molar-refractivity contribution in [1.82, 2.24) is 14.8 Å². The Kier molecular flexibility index (Phi) is 3.32. The van der Waals surface area contributed by atoms with Crippen molar-refractivity contribution in [2.75, 3.05) is 11.4 Å². The van der Waals surface area contributed by atoms with Gasteiger partial charge in [-0.25, -0.2) is 0 Å². The van der Waals surface area contributed by atoms with Crippen molar-refractivity contribution in [1.29, 1.82) is 0 Å². The minimum atomic E-state index is -4.38. The fraction of sp³-hybridized carbons (Fsp3) is 0.385. The van der Waals surface area contributed by atoms with Crippen LogP contribution >= 0.6 is 0 Å². The monoisotopic (exact) mass is 297 g/mol. The van der Waals surface area contributed by atoms with Crippen molar-refractivity contribution in [3.05, 3.63) is 41.5 Å². The summed E-state index contributed by atoms with van der Waals surface area (Å²) >= 11 is 0. The molecule has 112 valence electrons. The SMILES string of the molecule is NCc1cc(N2CCn3cnnc3C2)ccc1C(F)(F)F. The van der Waals surface area contributed by atoms with Crippen LogP contribution in [0.1, 0.15) is 17.0 Å². The van der Waals surface area contributed by atoms with E-state index in [4.69, 9.17) is 5.73 Å². The molecule has 1 aromatic carbocycles. The maximum atomic E-state index is 12.9. The second-order valence-electron chi connectivity index (χ2n) is 4.91. The van der Waals surface area contributed by atoms with E-state index in [1.807, 2.05) is 9.47 Å². The first-order chi connectivity index (χ1) is 9.99. The van der Waals surface area contributed by atoms with Gasteiger partial charge in [-0.3, -0.25) is 0 Å². The Morgan fingerprint density at radius 3 is 2.76 bits per heavy atom. The lowest BCUT2D eigenvalue weighted by Crippen LogP contribution is -2.33. The fourth-order valence-corrected chi connectivity index (χ4v) is 2.51. The second-order valence-corrected chi connectivity index (χ2v) is 4.91. The largest absolute Gasteiger partial charge is 0.416 e. The van der Waals surface area contributed by atoms with Gasteiger partial charge in [-0.05, 0) is 23.8 Å². The molecular formula is C13H14F3N5. The van der Waals surface area contributed by atoms with Crippen molar-refractivity contribution in [3.63, 3.8) is 0 Å². The summed E-state index contributed by atoms with van der Waals surface area (Å²) in [6, 6.07) is 4.08. The lowest BCUT2D eigenvalue weighted by Gasteiger charge is -2.29. The minimum Gasteiger partial charge on any atom is -0.362 e. The molecule has 0 atom stereocenters. The summed E-state index contributed by atoms with van der Waals surface area (Å²) in [4.78, 5) is 1.98. The van der Waals surface area contributed by atoms with Gasteiger partial charge in [0.1, 0.15) is 6.33 Å². The number of rotatable bonds is 2. The number of hydrogen-bond donors (Lipinski definition) is 1. The molecule has 1 aliphatic heterocycles. The van der Waals surface area contributed by atoms with E-state index in [2.05, 4.69) is 10.2 Å². The van der Waals surface area contributed by atoms with E-state index in [9.17, 15) is 13.2 Å². The van der Waals surface area contributed by atoms with Crippen molar-refractivity contribution < 1.29 is 13.2 Å². The molecule has 0 unspecified atom stereocenters. The molecule has 2 heterocycles. The van der Waals surface area contributed by atoms with Gasteiger partial charge in [-0.2, -0.15) is 13.2 Å². The normalized spacial score (nSPS) is 15.1. The highest BCUT2D eigenvalue weighted by atomic mass is 19.4. The highest BCUT2D eigenvalue weighted by Gasteiger charge is 2.33. The van der Waals surface area contributed by atoms with Crippen LogP contribution in [-0.2, 0) is 25.8 Å². The molecule has 5 nitrogen and oxygen atoms in total. The van der Waals surface area contributed by atoms with Gasteiger partial charge in [-0.1, -0.05) is 0 Å². The van der Waals surface area contributed by atoms with Crippen LogP contribution in [0.2, 0.25) is 0 Å². The number of fused-ring (bicyclic) bond motifs is 1. The zero-order chi connectivity index (χ0) is 15.0. The molecule has 2 N–H and O–H groups in total. The van der Waals surface area contributed by atoms with Crippen molar-refractivity contribution in [2.24, 2.45) is 5.73 Å². The topological polar surface area (TPSA) is 60.0 Å². The molecule has 0 fully saturated rings. The molecule has 2 aromatic rings. The van der Waals surface area contributed by atoms with Crippen LogP contribution in [0, 0.1) is 0 Å². The molecule has 0 bridgehead atoms. The number of nitrogens with two attached hydrogens (primary N) is 1. The van der Waals surface area contributed by atoms with Crippen molar-refractivity contribution >= 4 is 5.69 Å². The van der Waals surface area contributed by atoms with Crippen LogP contribution in [-0.4, -0.2) is 21.3 Å². The van der Waals surface area contributed by atoms with Crippen molar-refractivity contribution in [2.45, 2.75) is 25.8 Å². The fourth-order valence-electron chi connectivity index (χ4n) is 2.51. The van der Waals surface area contributed by atoms with E-state index >= 15 is 0 Å². The smallest absolute Gasteiger partial charge is 0.362 e. The quantitative estimate of drug-likeness (QED) is 0.918. The van der Waals surface area contributed by atoms with E-state index in [0.29, 0.717) is 19.6 Å². The zero-order valence-corrected chi connectivity index (χ0v) is 11.1. The number of aromatic nitrogens is 3. The molecule has 3 rings (SSSR count). The lowest BCUT2D eigenvalue weighted by atomic mass is 10.1. The summed E-state index contributed by atoms with van der Waals surface area (Å²) < 4.78 is 40.6. The first-order valence-corrected chi connectivity index (χ1v) is 6.51. The molecule has 0 saturated heterocycles. The molecule has 0 radical (unpaired) electrons. The number of benzene rings is 1. The third-order valence-corrected chi connectivity index (χ3v) is 3.62. The standard InChI is InChI=1S/C13H14F3N5/c14-13(15,16)11-2-1-10(5-9(11)6-17)20-3-4-21-8-18-19-12(21)7-20/h1-2,5,8H,3-4,6-7,17H2. The minimum absolute atomic E-state index is 0.104. The van der Waals surface area contributed by atoms with Crippen LogP contribution in [0.4, 0.5) is 18.9 Å². The van der Waals surface area contributed by atoms with Crippen LogP contribution in [0.5, 0.6) is 0 Å². The van der Waals surface area contributed by atoms with Gasteiger partial charge in [0.05, 0.1) is 12.1 Å². The molecule has 1 aliphatic rings. The first-order valence-electron chi connectivity index (χ1n) is 6.51. The summed E-state index contributed by atoms with van der Waals surface area (Å²) in [5, 5.41) is 7.83. The predicted molar refractivity (Wildman–Crippen MR) is 70.4 cm³/mol. The van der Waals surface area contributed by atoms with E-state index in [0.717, 1.165) is 17.6 Å². The third kappa shape index (κ3) is 2.58. The summed E-state index contributed by atoms with van der Waals surface area (Å²) in [5.74, 6) is 0.801. The van der Waals surface area contributed by atoms with Gasteiger partial charge in [0.2, 0.25) is 0 Å². The molecule has 1 aromatic heterocycles. The maximum Gasteiger partial charge on any atom is 0.416 e. The molecule has 0 aliphatic carbocycles. The van der Waals surface area contributed by atoms with Crippen LogP contribution in [0.3, 0.4) is 0 Å². The summed E-state index contributed by atoms with van der Waals surface area (Å²) in [7, 11) is 0. The molecule has 0 spiro atoms. The average molecular weight is 297 g/mol. The van der Waals surface area contributed by atoms with Gasteiger partial charge in [0.15, 0.2) is 5.82 Å². The predicted octanol–water partition coefficient (Wildman–Crippen LogP) is 1.78. The van der Waals surface area contributed by atoms with Gasteiger partial charge in [0, 0.05) is 25.3 Å². The Bertz CT molecular complexity index is 649. The molecule has 21 heavy (non-hydrogen) atoms. The van der Waals surface area contributed by atoms with Crippen molar-refractivity contribution in [3.8, 4) is 0 Å². The van der Waals surface area contributed by atoms with E-state index < -0.39 is 11.7 Å². The zero-order valence-electron chi connectivity index (χ0n) is 11.1. The summed E-state index contributed by atoms with van der Waals surface area (Å²) in [5.41, 5.74) is 5.61. The number of alkyl halides is 3. The Morgan fingerprint density at radius 2 is 2.05 bits per heavy atom. The Hall–Kier alpha value is -2.09. The number of hydrogen-bond acceptors (Lipinski definition) is 4. The van der Waals surface area contributed by atoms with Gasteiger partial charge < -0.3 is 15.2 Å². The molecular weight excluding hydrogens is 283 g/mol. The van der Waals surface area contributed by atoms with Gasteiger partial charge >= 0.3 is 6.18 Å². The van der Waals surface area contributed by atoms with Crippen LogP contribution in [0.15, 0.2) is 24.5 Å². The molecule has 0 saturated carbocycles. The van der Waals surface area contributed by atoms with E-state index in [1.165, 1.54) is 12.1 Å². The van der Waals surface area contributed by atoms with Gasteiger partial charge in [0.25, 0.3) is 0 Å². The first kappa shape index (κ1) is 13.9. The van der Waals surface area contributed by atoms with E-state index in [1.54, 1.807) is 6.33 Å². The highest BCUT2D eigenvalue weighted by Crippen LogP contribution is 2.34. The Balaban J connectivity index is 1.90. The third-order valence-electron chi connectivity index (χ3n) is 3.62. The second kappa shape index (κ2) is 5.03. The summed E-state index contributed by atoms with van der Waals surface area (Å²) in [6.07, 6.45) is -2.72.